The topological polar surface area (TPSA) is 26.3 Å². The third-order valence-corrected chi connectivity index (χ3v) is 4.74. The molecular weight excluding hydrogens is 300 g/mol. The van der Waals surface area contributed by atoms with E-state index in [1.165, 1.54) is 0 Å². The maximum absolute atomic E-state index is 11.7. The molecule has 0 radical (unpaired) electrons. The van der Waals surface area contributed by atoms with Gasteiger partial charge in [-0.15, -0.1) is 11.8 Å². The van der Waals surface area contributed by atoms with Crippen LogP contribution < -0.4 is 0 Å². The first-order valence-corrected chi connectivity index (χ1v) is 7.26. The fraction of sp³-hybridized carbons (Fsp3) is 0.308. The molecule has 4 heteroatoms. The van der Waals surface area contributed by atoms with Crippen molar-refractivity contribution in [1.29, 1.82) is 0 Å². The number of esters is 1. The SMILES string of the molecule is CCOC(=O)C1C=C(c2ccccc2)SC1Br. The van der Waals surface area contributed by atoms with Gasteiger partial charge in [0.15, 0.2) is 0 Å². The van der Waals surface area contributed by atoms with Crippen molar-refractivity contribution in [2.45, 2.75) is 11.1 Å². The second kappa shape index (κ2) is 5.74. The average molecular weight is 313 g/mol. The van der Waals surface area contributed by atoms with Crippen molar-refractivity contribution in [2.24, 2.45) is 5.92 Å². The van der Waals surface area contributed by atoms with Crippen LogP contribution in [0.15, 0.2) is 36.4 Å². The van der Waals surface area contributed by atoms with E-state index in [1.54, 1.807) is 11.8 Å². The Labute approximate surface area is 114 Å². The zero-order chi connectivity index (χ0) is 12.3. The highest BCUT2D eigenvalue weighted by atomic mass is 79.9. The normalized spacial score (nSPS) is 23.3. The molecule has 0 fully saturated rings. The quantitative estimate of drug-likeness (QED) is 0.629. The highest BCUT2D eigenvalue weighted by molar-refractivity contribution is 9.11. The molecule has 17 heavy (non-hydrogen) atoms. The van der Waals surface area contributed by atoms with Gasteiger partial charge in [0.2, 0.25) is 0 Å². The van der Waals surface area contributed by atoms with Crippen molar-refractivity contribution in [3.63, 3.8) is 0 Å². The Kier molecular flexibility index (Phi) is 4.29. The fourth-order valence-corrected chi connectivity index (χ4v) is 3.70. The molecule has 1 heterocycles. The summed E-state index contributed by atoms with van der Waals surface area (Å²) in [7, 11) is 0. The highest BCUT2D eigenvalue weighted by Crippen LogP contribution is 2.45. The van der Waals surface area contributed by atoms with Crippen molar-refractivity contribution >= 4 is 38.6 Å². The second-order valence-corrected chi connectivity index (χ2v) is 6.42. The molecular formula is C13H13BrO2S. The number of halogens is 1. The zero-order valence-electron chi connectivity index (χ0n) is 9.43. The molecule has 90 valence electrons. The molecule has 2 nitrogen and oxygen atoms in total. The lowest BCUT2D eigenvalue weighted by Gasteiger charge is -2.10. The summed E-state index contributed by atoms with van der Waals surface area (Å²) >= 11 is 5.18. The minimum Gasteiger partial charge on any atom is -0.465 e. The van der Waals surface area contributed by atoms with Crippen molar-refractivity contribution in [2.75, 3.05) is 6.61 Å². The summed E-state index contributed by atoms with van der Waals surface area (Å²) in [5.74, 6) is -0.358. The van der Waals surface area contributed by atoms with Crippen LogP contribution in [0.1, 0.15) is 12.5 Å². The van der Waals surface area contributed by atoms with Gasteiger partial charge < -0.3 is 4.74 Å². The summed E-state index contributed by atoms with van der Waals surface area (Å²) in [5.41, 5.74) is 1.15. The van der Waals surface area contributed by atoms with E-state index in [9.17, 15) is 4.79 Å². The van der Waals surface area contributed by atoms with Crippen LogP contribution in [0.25, 0.3) is 4.91 Å². The Bertz CT molecular complexity index is 430. The maximum atomic E-state index is 11.7. The molecule has 0 N–H and O–H groups in total. The number of carbonyl (C=O) groups is 1. The van der Waals surface area contributed by atoms with Crippen LogP contribution in [0, 0.1) is 5.92 Å². The Balaban J connectivity index is 2.17. The Morgan fingerprint density at radius 2 is 2.12 bits per heavy atom. The molecule has 1 aromatic carbocycles. The molecule has 1 aromatic rings. The van der Waals surface area contributed by atoms with E-state index in [1.807, 2.05) is 43.3 Å². The first kappa shape index (κ1) is 12.7. The van der Waals surface area contributed by atoms with Crippen LogP contribution in [-0.2, 0) is 9.53 Å². The summed E-state index contributed by atoms with van der Waals surface area (Å²) in [6, 6.07) is 10.1. The molecule has 2 rings (SSSR count). The standard InChI is InChI=1S/C13H13BrO2S/c1-2-16-13(15)10-8-11(17-12(10)14)9-6-4-3-5-7-9/h3-8,10,12H,2H2,1H3. The molecule has 2 atom stereocenters. The lowest BCUT2D eigenvalue weighted by atomic mass is 10.1. The van der Waals surface area contributed by atoms with Crippen molar-refractivity contribution < 1.29 is 9.53 Å². The number of thioether (sulfide) groups is 1. The van der Waals surface area contributed by atoms with Crippen LogP contribution in [0.3, 0.4) is 0 Å². The Morgan fingerprint density at radius 1 is 1.41 bits per heavy atom. The van der Waals surface area contributed by atoms with Crippen LogP contribution in [0.5, 0.6) is 0 Å². The molecule has 0 bridgehead atoms. The lowest BCUT2D eigenvalue weighted by molar-refractivity contribution is -0.145. The minimum atomic E-state index is -0.199. The van der Waals surface area contributed by atoms with Gasteiger partial charge in [0, 0.05) is 4.91 Å². The second-order valence-electron chi connectivity index (χ2n) is 3.64. The van der Waals surface area contributed by atoms with Gasteiger partial charge >= 0.3 is 5.97 Å². The van der Waals surface area contributed by atoms with E-state index in [4.69, 9.17) is 4.74 Å². The van der Waals surface area contributed by atoms with Gasteiger partial charge in [0.05, 0.1) is 16.7 Å². The van der Waals surface area contributed by atoms with Gasteiger partial charge in [-0.05, 0) is 12.5 Å². The lowest BCUT2D eigenvalue weighted by Crippen LogP contribution is -2.19. The maximum Gasteiger partial charge on any atom is 0.314 e. The van der Waals surface area contributed by atoms with Crippen LogP contribution in [0.2, 0.25) is 0 Å². The minimum absolute atomic E-state index is 0.0664. The number of alkyl halides is 1. The van der Waals surface area contributed by atoms with E-state index in [-0.39, 0.29) is 16.0 Å². The number of ether oxygens (including phenoxy) is 1. The first-order valence-electron chi connectivity index (χ1n) is 5.47. The summed E-state index contributed by atoms with van der Waals surface area (Å²) in [4.78, 5) is 12.9. The van der Waals surface area contributed by atoms with E-state index in [2.05, 4.69) is 15.9 Å². The first-order chi connectivity index (χ1) is 8.22. The number of benzene rings is 1. The van der Waals surface area contributed by atoms with Gasteiger partial charge in [-0.3, -0.25) is 4.79 Å². The predicted octanol–water partition coefficient (Wildman–Crippen LogP) is 3.67. The zero-order valence-corrected chi connectivity index (χ0v) is 11.8. The number of hydrogen-bond donors (Lipinski definition) is 0. The molecule has 2 unspecified atom stereocenters. The highest BCUT2D eigenvalue weighted by Gasteiger charge is 2.33. The van der Waals surface area contributed by atoms with E-state index in [0.29, 0.717) is 6.61 Å². The molecule has 1 aliphatic heterocycles. The predicted molar refractivity (Wildman–Crippen MR) is 74.8 cm³/mol. The molecule has 0 saturated heterocycles. The smallest absolute Gasteiger partial charge is 0.314 e. The molecule has 0 aliphatic carbocycles. The Hall–Kier alpha value is -0.740. The molecule has 0 amide bonds. The number of hydrogen-bond acceptors (Lipinski definition) is 3. The molecule has 0 saturated carbocycles. The van der Waals surface area contributed by atoms with E-state index >= 15 is 0 Å². The van der Waals surface area contributed by atoms with Crippen LogP contribution in [-0.4, -0.2) is 16.7 Å². The summed E-state index contributed by atoms with van der Waals surface area (Å²) < 4.78 is 5.12. The van der Waals surface area contributed by atoms with Gasteiger partial charge in [-0.2, -0.15) is 0 Å². The summed E-state index contributed by atoms with van der Waals surface area (Å²) in [6.45, 7) is 2.25. The van der Waals surface area contributed by atoms with E-state index < -0.39 is 0 Å². The number of rotatable bonds is 3. The van der Waals surface area contributed by atoms with Gasteiger partial charge in [-0.1, -0.05) is 52.3 Å². The molecule has 0 aromatic heterocycles. The molecule has 1 aliphatic rings. The summed E-state index contributed by atoms with van der Waals surface area (Å²) in [5, 5.41) is 0. The van der Waals surface area contributed by atoms with Crippen LogP contribution in [0.4, 0.5) is 0 Å². The van der Waals surface area contributed by atoms with Gasteiger partial charge in [0.25, 0.3) is 0 Å². The fourth-order valence-electron chi connectivity index (χ4n) is 1.65. The van der Waals surface area contributed by atoms with Gasteiger partial charge in [-0.25, -0.2) is 0 Å². The van der Waals surface area contributed by atoms with Crippen LogP contribution >= 0.6 is 27.7 Å². The van der Waals surface area contributed by atoms with E-state index in [0.717, 1.165) is 10.5 Å². The molecule has 0 spiro atoms. The van der Waals surface area contributed by atoms with Gasteiger partial charge in [0.1, 0.15) is 0 Å². The third kappa shape index (κ3) is 2.93. The third-order valence-electron chi connectivity index (χ3n) is 2.47. The van der Waals surface area contributed by atoms with Crippen molar-refractivity contribution in [3.8, 4) is 0 Å². The van der Waals surface area contributed by atoms with Crippen molar-refractivity contribution in [3.05, 3.63) is 42.0 Å². The number of carbonyl (C=O) groups excluding carboxylic acids is 1. The average Bonchev–Trinajstić information content (AvgIpc) is 2.73. The summed E-state index contributed by atoms with van der Waals surface area (Å²) in [6.07, 6.45) is 1.98. The largest absolute Gasteiger partial charge is 0.465 e. The van der Waals surface area contributed by atoms with Crippen molar-refractivity contribution in [1.82, 2.24) is 0 Å². The monoisotopic (exact) mass is 312 g/mol. The Morgan fingerprint density at radius 3 is 2.76 bits per heavy atom.